The number of aliphatic carboxylic acids is 1. The number of rotatable bonds is 2. The van der Waals surface area contributed by atoms with E-state index in [0.29, 0.717) is 15.6 Å². The molecule has 0 aliphatic rings. The van der Waals surface area contributed by atoms with E-state index in [1.54, 1.807) is 6.92 Å². The lowest BCUT2D eigenvalue weighted by Gasteiger charge is -2.12. The van der Waals surface area contributed by atoms with Crippen molar-refractivity contribution < 1.29 is 15.0 Å². The topological polar surface area (TPSA) is 83.6 Å². The lowest BCUT2D eigenvalue weighted by atomic mass is 10.0. The molecular weight excluding hydrogens is 250 g/mol. The van der Waals surface area contributed by atoms with Gasteiger partial charge in [-0.1, -0.05) is 6.07 Å². The number of carboxylic acids is 1. The zero-order chi connectivity index (χ0) is 10.9. The molecule has 1 aromatic carbocycles. The molecule has 5 heteroatoms. The molecule has 76 valence electrons. The molecule has 1 atom stereocenters. The number of aromatic hydroxyl groups is 1. The van der Waals surface area contributed by atoms with Crippen LogP contribution in [0.15, 0.2) is 16.6 Å². The number of phenols is 1. The van der Waals surface area contributed by atoms with E-state index in [9.17, 15) is 9.90 Å². The van der Waals surface area contributed by atoms with Gasteiger partial charge in [-0.05, 0) is 40.0 Å². The van der Waals surface area contributed by atoms with Gasteiger partial charge in [0.05, 0.1) is 4.47 Å². The minimum atomic E-state index is -1.09. The Bertz CT molecular complexity index is 379. The Balaban J connectivity index is 3.24. The average molecular weight is 260 g/mol. The number of hydrogen-bond donors (Lipinski definition) is 3. The van der Waals surface area contributed by atoms with Crippen LogP contribution in [0.25, 0.3) is 0 Å². The first-order chi connectivity index (χ1) is 6.45. The normalized spacial score (nSPS) is 12.5. The van der Waals surface area contributed by atoms with Crippen molar-refractivity contribution in [3.8, 4) is 5.75 Å². The van der Waals surface area contributed by atoms with Crippen molar-refractivity contribution in [1.29, 1.82) is 0 Å². The molecule has 0 aliphatic carbocycles. The standard InChI is InChI=1S/C9H10BrNO3/c1-4-5(8(11)9(13)14)2-3-6(12)7(4)10/h2-3,8,12H,11H2,1H3,(H,13,14). The zero-order valence-electron chi connectivity index (χ0n) is 7.49. The molecule has 0 saturated carbocycles. The van der Waals surface area contributed by atoms with Crippen molar-refractivity contribution in [3.63, 3.8) is 0 Å². The lowest BCUT2D eigenvalue weighted by molar-refractivity contribution is -0.138. The molecule has 1 unspecified atom stereocenters. The largest absolute Gasteiger partial charge is 0.507 e. The van der Waals surface area contributed by atoms with E-state index in [2.05, 4.69) is 15.9 Å². The van der Waals surface area contributed by atoms with E-state index in [1.165, 1.54) is 12.1 Å². The Morgan fingerprint density at radius 3 is 2.64 bits per heavy atom. The molecule has 0 spiro atoms. The van der Waals surface area contributed by atoms with E-state index in [4.69, 9.17) is 10.8 Å². The fourth-order valence-corrected chi connectivity index (χ4v) is 1.52. The van der Waals surface area contributed by atoms with Gasteiger partial charge in [0.25, 0.3) is 0 Å². The van der Waals surface area contributed by atoms with Crippen LogP contribution in [-0.4, -0.2) is 16.2 Å². The van der Waals surface area contributed by atoms with Crippen molar-refractivity contribution in [1.82, 2.24) is 0 Å². The molecule has 14 heavy (non-hydrogen) atoms. The van der Waals surface area contributed by atoms with Gasteiger partial charge in [0.2, 0.25) is 0 Å². The highest BCUT2D eigenvalue weighted by molar-refractivity contribution is 9.10. The summed E-state index contributed by atoms with van der Waals surface area (Å²) in [6.45, 7) is 1.70. The second kappa shape index (κ2) is 3.98. The van der Waals surface area contributed by atoms with Gasteiger partial charge in [-0.3, -0.25) is 4.79 Å². The minimum Gasteiger partial charge on any atom is -0.507 e. The third kappa shape index (κ3) is 1.88. The molecule has 1 aromatic rings. The number of benzene rings is 1. The predicted molar refractivity (Wildman–Crippen MR) is 55.1 cm³/mol. The number of carboxylic acid groups (broad SMARTS) is 1. The van der Waals surface area contributed by atoms with Crippen molar-refractivity contribution in [3.05, 3.63) is 27.7 Å². The summed E-state index contributed by atoms with van der Waals surface area (Å²) in [4.78, 5) is 10.6. The van der Waals surface area contributed by atoms with Crippen molar-refractivity contribution in [2.75, 3.05) is 0 Å². The Labute approximate surface area is 89.5 Å². The second-order valence-corrected chi connectivity index (χ2v) is 3.72. The number of phenolic OH excluding ortho intramolecular Hbond substituents is 1. The summed E-state index contributed by atoms with van der Waals surface area (Å²) in [7, 11) is 0. The first kappa shape index (κ1) is 11.0. The molecule has 1 rings (SSSR count). The first-order valence-corrected chi connectivity index (χ1v) is 4.70. The fourth-order valence-electron chi connectivity index (χ4n) is 1.16. The molecule has 0 amide bonds. The van der Waals surface area contributed by atoms with Gasteiger partial charge < -0.3 is 15.9 Å². The first-order valence-electron chi connectivity index (χ1n) is 3.91. The third-order valence-corrected chi connectivity index (χ3v) is 3.01. The number of hydrogen-bond acceptors (Lipinski definition) is 3. The maximum absolute atomic E-state index is 10.6. The summed E-state index contributed by atoms with van der Waals surface area (Å²) < 4.78 is 0.478. The smallest absolute Gasteiger partial charge is 0.325 e. The van der Waals surface area contributed by atoms with Crippen LogP contribution < -0.4 is 5.73 Å². The van der Waals surface area contributed by atoms with E-state index >= 15 is 0 Å². The minimum absolute atomic E-state index is 0.0730. The van der Waals surface area contributed by atoms with Crippen LogP contribution in [0.4, 0.5) is 0 Å². The summed E-state index contributed by atoms with van der Waals surface area (Å²) in [6.07, 6.45) is 0. The van der Waals surface area contributed by atoms with Gasteiger partial charge in [-0.15, -0.1) is 0 Å². The molecule has 0 aromatic heterocycles. The van der Waals surface area contributed by atoms with Crippen LogP contribution in [0, 0.1) is 6.92 Å². The van der Waals surface area contributed by atoms with E-state index < -0.39 is 12.0 Å². The quantitative estimate of drug-likeness (QED) is 0.753. The van der Waals surface area contributed by atoms with Gasteiger partial charge in [0, 0.05) is 0 Å². The number of carbonyl (C=O) groups is 1. The summed E-state index contributed by atoms with van der Waals surface area (Å²) >= 11 is 3.15. The molecule has 0 aliphatic heterocycles. The summed E-state index contributed by atoms with van der Waals surface area (Å²) in [6, 6.07) is 1.86. The second-order valence-electron chi connectivity index (χ2n) is 2.93. The van der Waals surface area contributed by atoms with Crippen molar-refractivity contribution in [2.24, 2.45) is 5.73 Å². The van der Waals surface area contributed by atoms with Crippen molar-refractivity contribution >= 4 is 21.9 Å². The Kier molecular flexibility index (Phi) is 3.13. The van der Waals surface area contributed by atoms with Crippen LogP contribution in [0.1, 0.15) is 17.2 Å². The van der Waals surface area contributed by atoms with E-state index in [1.807, 2.05) is 0 Å². The van der Waals surface area contributed by atoms with Crippen LogP contribution in [-0.2, 0) is 4.79 Å². The molecule has 0 heterocycles. The van der Waals surface area contributed by atoms with Crippen LogP contribution in [0.5, 0.6) is 5.75 Å². The Hall–Kier alpha value is -1.07. The fraction of sp³-hybridized carbons (Fsp3) is 0.222. The lowest BCUT2D eigenvalue weighted by Crippen LogP contribution is -2.21. The van der Waals surface area contributed by atoms with Crippen LogP contribution >= 0.6 is 15.9 Å². The zero-order valence-corrected chi connectivity index (χ0v) is 9.08. The highest BCUT2D eigenvalue weighted by Crippen LogP contribution is 2.31. The average Bonchev–Trinajstić information content (AvgIpc) is 2.13. The molecular formula is C9H10BrNO3. The summed E-state index contributed by atoms with van der Waals surface area (Å²) in [5.74, 6) is -1.02. The van der Waals surface area contributed by atoms with Gasteiger partial charge in [-0.25, -0.2) is 0 Å². The van der Waals surface area contributed by atoms with E-state index in [-0.39, 0.29) is 5.75 Å². The number of nitrogens with two attached hydrogens (primary N) is 1. The molecule has 0 radical (unpaired) electrons. The Morgan fingerprint density at radius 2 is 2.14 bits per heavy atom. The molecule has 0 fully saturated rings. The third-order valence-electron chi connectivity index (χ3n) is 2.01. The summed E-state index contributed by atoms with van der Waals surface area (Å²) in [5, 5.41) is 18.0. The van der Waals surface area contributed by atoms with Gasteiger partial charge in [-0.2, -0.15) is 0 Å². The van der Waals surface area contributed by atoms with E-state index in [0.717, 1.165) is 0 Å². The maximum Gasteiger partial charge on any atom is 0.325 e. The molecule has 0 bridgehead atoms. The molecule has 0 saturated heterocycles. The SMILES string of the molecule is Cc1c(C(N)C(=O)O)ccc(O)c1Br. The monoisotopic (exact) mass is 259 g/mol. The van der Waals surface area contributed by atoms with Gasteiger partial charge in [0.15, 0.2) is 0 Å². The van der Waals surface area contributed by atoms with Gasteiger partial charge in [0.1, 0.15) is 11.8 Å². The molecule has 4 nitrogen and oxygen atoms in total. The Morgan fingerprint density at radius 1 is 1.57 bits per heavy atom. The number of halogens is 1. The predicted octanol–water partition coefficient (Wildman–Crippen LogP) is 1.55. The summed E-state index contributed by atoms with van der Waals surface area (Å²) in [5.41, 5.74) is 6.58. The van der Waals surface area contributed by atoms with Crippen LogP contribution in [0.3, 0.4) is 0 Å². The van der Waals surface area contributed by atoms with Crippen LogP contribution in [0.2, 0.25) is 0 Å². The maximum atomic E-state index is 10.6. The molecule has 4 N–H and O–H groups in total. The highest BCUT2D eigenvalue weighted by atomic mass is 79.9. The highest BCUT2D eigenvalue weighted by Gasteiger charge is 2.18. The van der Waals surface area contributed by atoms with Crippen molar-refractivity contribution in [2.45, 2.75) is 13.0 Å². The van der Waals surface area contributed by atoms with Gasteiger partial charge >= 0.3 is 5.97 Å².